The normalized spacial score (nSPS) is 38.4. The Labute approximate surface area is 237 Å². The van der Waals surface area contributed by atoms with Gasteiger partial charge >= 0.3 is 23.9 Å². The molecule has 0 amide bonds. The average Bonchev–Trinajstić information content (AvgIpc) is 3.24. The topological polar surface area (TPSA) is 164 Å². The van der Waals surface area contributed by atoms with Crippen molar-refractivity contribution in [2.24, 2.45) is 58.0 Å². The van der Waals surface area contributed by atoms with Gasteiger partial charge < -0.3 is 25.8 Å². The number of carbonyl (C=O) groups excluding carboxylic acids is 1. The van der Waals surface area contributed by atoms with E-state index in [1.54, 1.807) is 0 Å². The Balaban J connectivity index is 1.36. The van der Waals surface area contributed by atoms with E-state index in [0.717, 1.165) is 38.5 Å². The third-order valence-electron chi connectivity index (χ3n) is 12.1. The summed E-state index contributed by atoms with van der Waals surface area (Å²) in [6.45, 7) is 7.10. The standard InChI is InChI=1S/C31H49NO8/c1-17(4-6-21(27(35)36)28(37)38)22-8-9-23-20-7-5-18-16-19(40-29(39)25(32)10-11-26(33)34)12-14-30(18,2)24(20)13-15-31(22,23)3/h17-25H,4-16,32H2,1-3H3,(H,33,34)(H,35,36)(H,37,38)/t17-,18-,19-,20+,22?,23+,24+,25+,30+,31-/m1/s1. The molecule has 1 unspecified atom stereocenters. The molecule has 0 aliphatic heterocycles. The molecule has 0 aromatic rings. The number of hydrogen-bond donors (Lipinski definition) is 4. The molecular weight excluding hydrogens is 514 g/mol. The number of fused-ring (bicyclic) bond motifs is 5. The van der Waals surface area contributed by atoms with Gasteiger partial charge in [-0.15, -0.1) is 0 Å². The highest BCUT2D eigenvalue weighted by molar-refractivity contribution is 5.92. The molecule has 40 heavy (non-hydrogen) atoms. The maximum atomic E-state index is 12.5. The van der Waals surface area contributed by atoms with Crippen molar-refractivity contribution in [1.82, 2.24) is 0 Å². The predicted molar refractivity (Wildman–Crippen MR) is 147 cm³/mol. The Kier molecular flexibility index (Phi) is 9.22. The first-order valence-electron chi connectivity index (χ1n) is 15.4. The molecule has 0 spiro atoms. The highest BCUT2D eigenvalue weighted by Crippen LogP contribution is 2.68. The van der Waals surface area contributed by atoms with Gasteiger partial charge in [0.2, 0.25) is 0 Å². The number of carboxylic acid groups (broad SMARTS) is 3. The van der Waals surface area contributed by atoms with Crippen LogP contribution >= 0.6 is 0 Å². The largest absolute Gasteiger partial charge is 0.481 e. The summed E-state index contributed by atoms with van der Waals surface area (Å²) < 4.78 is 5.78. The maximum absolute atomic E-state index is 12.5. The number of carboxylic acids is 3. The second-order valence-corrected chi connectivity index (χ2v) is 14.0. The number of rotatable bonds is 11. The van der Waals surface area contributed by atoms with Gasteiger partial charge in [-0.3, -0.25) is 19.2 Å². The summed E-state index contributed by atoms with van der Waals surface area (Å²) in [5.74, 6) is -2.01. The minimum Gasteiger partial charge on any atom is -0.481 e. The van der Waals surface area contributed by atoms with Crippen LogP contribution in [0, 0.1) is 52.3 Å². The zero-order chi connectivity index (χ0) is 29.4. The van der Waals surface area contributed by atoms with E-state index in [1.165, 1.54) is 19.3 Å². The van der Waals surface area contributed by atoms with Crippen LogP contribution in [0.25, 0.3) is 0 Å². The van der Waals surface area contributed by atoms with Gasteiger partial charge in [-0.25, -0.2) is 0 Å². The third kappa shape index (κ3) is 5.90. The molecule has 9 heteroatoms. The van der Waals surface area contributed by atoms with Crippen LogP contribution in [-0.2, 0) is 23.9 Å². The number of carbonyl (C=O) groups is 4. The Morgan fingerprint density at radius 2 is 1.50 bits per heavy atom. The van der Waals surface area contributed by atoms with Crippen LogP contribution in [-0.4, -0.2) is 51.3 Å². The summed E-state index contributed by atoms with van der Waals surface area (Å²) in [7, 11) is 0. The number of aliphatic carboxylic acids is 3. The third-order valence-corrected chi connectivity index (χ3v) is 12.1. The van der Waals surface area contributed by atoms with Crippen molar-refractivity contribution in [3.63, 3.8) is 0 Å². The van der Waals surface area contributed by atoms with Crippen molar-refractivity contribution < 1.29 is 39.2 Å². The van der Waals surface area contributed by atoms with Gasteiger partial charge in [-0.1, -0.05) is 20.8 Å². The van der Waals surface area contributed by atoms with Crippen molar-refractivity contribution in [3.05, 3.63) is 0 Å². The Hall–Kier alpha value is -2.16. The van der Waals surface area contributed by atoms with E-state index in [9.17, 15) is 29.4 Å². The summed E-state index contributed by atoms with van der Waals surface area (Å²) in [5.41, 5.74) is 6.33. The predicted octanol–water partition coefficient (Wildman–Crippen LogP) is 4.95. The molecule has 4 fully saturated rings. The Bertz CT molecular complexity index is 970. The Morgan fingerprint density at radius 3 is 2.15 bits per heavy atom. The highest BCUT2D eigenvalue weighted by Gasteiger charge is 2.60. The smallest absolute Gasteiger partial charge is 0.323 e. The molecule has 4 rings (SSSR count). The van der Waals surface area contributed by atoms with E-state index in [2.05, 4.69) is 20.8 Å². The van der Waals surface area contributed by atoms with Crippen LogP contribution in [0.15, 0.2) is 0 Å². The van der Waals surface area contributed by atoms with Crippen LogP contribution in [0.3, 0.4) is 0 Å². The van der Waals surface area contributed by atoms with E-state index >= 15 is 0 Å². The van der Waals surface area contributed by atoms with Crippen molar-refractivity contribution >= 4 is 23.9 Å². The molecule has 10 atom stereocenters. The van der Waals surface area contributed by atoms with E-state index < -0.39 is 35.8 Å². The SMILES string of the molecule is C[C@H](CCC(C(=O)O)C(=O)O)C1CC[C@H]2[C@@H]3CC[C@@H]4C[C@H](OC(=O)[C@@H](N)CCC(=O)O)CC[C@]4(C)[C@H]3CC[C@]12C. The van der Waals surface area contributed by atoms with E-state index in [-0.39, 0.29) is 36.2 Å². The maximum Gasteiger partial charge on any atom is 0.323 e. The summed E-state index contributed by atoms with van der Waals surface area (Å²) >= 11 is 0. The van der Waals surface area contributed by atoms with Gasteiger partial charge in [0.15, 0.2) is 5.92 Å². The lowest BCUT2D eigenvalue weighted by molar-refractivity contribution is -0.164. The van der Waals surface area contributed by atoms with Gasteiger partial charge in [0.25, 0.3) is 0 Å². The molecule has 9 nitrogen and oxygen atoms in total. The van der Waals surface area contributed by atoms with Gasteiger partial charge in [0, 0.05) is 6.42 Å². The van der Waals surface area contributed by atoms with Crippen molar-refractivity contribution in [1.29, 1.82) is 0 Å². The zero-order valence-corrected chi connectivity index (χ0v) is 24.3. The van der Waals surface area contributed by atoms with Crippen molar-refractivity contribution in [2.75, 3.05) is 0 Å². The fraction of sp³-hybridized carbons (Fsp3) is 0.871. The molecule has 0 heterocycles. The minimum absolute atomic E-state index is 0.0885. The van der Waals surface area contributed by atoms with Gasteiger partial charge in [-0.05, 0) is 123 Å². The average molecular weight is 564 g/mol. The molecule has 226 valence electrons. The number of ether oxygens (including phenoxy) is 1. The molecule has 4 aliphatic rings. The molecule has 0 radical (unpaired) electrons. The molecule has 5 N–H and O–H groups in total. The van der Waals surface area contributed by atoms with Crippen molar-refractivity contribution in [2.45, 2.75) is 116 Å². The highest BCUT2D eigenvalue weighted by atomic mass is 16.5. The molecule has 0 aromatic heterocycles. The summed E-state index contributed by atoms with van der Waals surface area (Å²) in [4.78, 5) is 46.1. The second-order valence-electron chi connectivity index (χ2n) is 14.0. The lowest BCUT2D eigenvalue weighted by Gasteiger charge is -2.61. The lowest BCUT2D eigenvalue weighted by atomic mass is 9.44. The fourth-order valence-electron chi connectivity index (χ4n) is 9.93. The number of nitrogens with two attached hydrogens (primary N) is 1. The fourth-order valence-corrected chi connectivity index (χ4v) is 9.93. The van der Waals surface area contributed by atoms with Crippen LogP contribution in [0.4, 0.5) is 0 Å². The Morgan fingerprint density at radius 1 is 0.850 bits per heavy atom. The quantitative estimate of drug-likeness (QED) is 0.201. The first kappa shape index (κ1) is 30.8. The van der Waals surface area contributed by atoms with Crippen molar-refractivity contribution in [3.8, 4) is 0 Å². The summed E-state index contributed by atoms with van der Waals surface area (Å²) in [6.07, 6.45) is 10.3. The van der Waals surface area contributed by atoms with Gasteiger partial charge in [0.1, 0.15) is 12.1 Å². The van der Waals surface area contributed by atoms with E-state index in [4.69, 9.17) is 15.6 Å². The second kappa shape index (κ2) is 12.0. The molecule has 0 saturated heterocycles. The first-order valence-corrected chi connectivity index (χ1v) is 15.4. The van der Waals surface area contributed by atoms with E-state index in [1.807, 2.05) is 0 Å². The van der Waals surface area contributed by atoms with E-state index in [0.29, 0.717) is 41.9 Å². The first-order chi connectivity index (χ1) is 18.8. The summed E-state index contributed by atoms with van der Waals surface area (Å²) in [5, 5.41) is 27.5. The van der Waals surface area contributed by atoms with Crippen LogP contribution in [0.1, 0.15) is 104 Å². The van der Waals surface area contributed by atoms with Gasteiger partial charge in [-0.2, -0.15) is 0 Å². The number of hydrogen-bond acceptors (Lipinski definition) is 6. The lowest BCUT2D eigenvalue weighted by Crippen LogP contribution is -2.54. The minimum atomic E-state index is -1.33. The van der Waals surface area contributed by atoms with Gasteiger partial charge in [0.05, 0.1) is 0 Å². The van der Waals surface area contributed by atoms with Crippen LogP contribution in [0.5, 0.6) is 0 Å². The monoisotopic (exact) mass is 563 g/mol. The molecular formula is C31H49NO8. The zero-order valence-electron chi connectivity index (χ0n) is 24.3. The van der Waals surface area contributed by atoms with Crippen LogP contribution in [0.2, 0.25) is 0 Å². The molecule has 0 aromatic carbocycles. The summed E-state index contributed by atoms with van der Waals surface area (Å²) in [6, 6.07) is -0.895. The number of esters is 1. The molecule has 0 bridgehead atoms. The molecule has 4 saturated carbocycles. The van der Waals surface area contributed by atoms with Crippen LogP contribution < -0.4 is 5.73 Å². The molecule has 4 aliphatic carbocycles.